The molecule has 1 aliphatic rings. The van der Waals surface area contributed by atoms with E-state index in [1.54, 1.807) is 0 Å². The second kappa shape index (κ2) is 5.13. The molecule has 0 unspecified atom stereocenters. The highest BCUT2D eigenvalue weighted by Gasteiger charge is 2.22. The van der Waals surface area contributed by atoms with Crippen LogP contribution in [0.3, 0.4) is 0 Å². The molecule has 3 rings (SSSR count). The maximum atomic E-state index is 11.0. The largest absolute Gasteiger partial charge is 0.478 e. The number of carbonyl (C=O) groups is 1. The van der Waals surface area contributed by atoms with Crippen molar-refractivity contribution in [2.75, 3.05) is 5.32 Å². The van der Waals surface area contributed by atoms with Crippen LogP contribution in [-0.4, -0.2) is 22.1 Å². The van der Waals surface area contributed by atoms with E-state index >= 15 is 0 Å². The van der Waals surface area contributed by atoms with Crippen LogP contribution in [0, 0.1) is 0 Å². The molecule has 0 aliphatic heterocycles. The predicted octanol–water partition coefficient (Wildman–Crippen LogP) is 3.01. The predicted molar refractivity (Wildman–Crippen MR) is 77.5 cm³/mol. The number of hydrogen-bond acceptors (Lipinski definition) is 3. The number of nitrogens with one attached hydrogen (secondary N) is 1. The molecule has 0 saturated heterocycles. The van der Waals surface area contributed by atoms with E-state index in [1.807, 2.05) is 12.1 Å². The minimum absolute atomic E-state index is 0.0691. The highest BCUT2D eigenvalue weighted by molar-refractivity contribution is 6.35. The zero-order valence-electron chi connectivity index (χ0n) is 10.6. The topological polar surface area (TPSA) is 62.2 Å². The lowest BCUT2D eigenvalue weighted by Gasteiger charge is -2.14. The average Bonchev–Trinajstić information content (AvgIpc) is 2.83. The maximum Gasteiger partial charge on any atom is 0.337 e. The summed E-state index contributed by atoms with van der Waals surface area (Å²) in [5, 5.41) is 12.5. The first-order valence-electron chi connectivity index (χ1n) is 6.36. The number of fused-ring (bicyclic) bond motifs is 1. The summed E-state index contributed by atoms with van der Waals surface area (Å²) in [5.41, 5.74) is 2.70. The van der Waals surface area contributed by atoms with Crippen molar-refractivity contribution in [1.29, 1.82) is 0 Å². The van der Waals surface area contributed by atoms with Gasteiger partial charge in [-0.05, 0) is 30.0 Å². The summed E-state index contributed by atoms with van der Waals surface area (Å²) in [6.07, 6.45) is 3.25. The molecular weight excluding hydrogens is 276 g/mol. The monoisotopic (exact) mass is 288 g/mol. The first kappa shape index (κ1) is 12.9. The van der Waals surface area contributed by atoms with Crippen LogP contribution in [0.4, 0.5) is 5.82 Å². The fourth-order valence-electron chi connectivity index (χ4n) is 2.56. The lowest BCUT2D eigenvalue weighted by Crippen LogP contribution is -2.21. The van der Waals surface area contributed by atoms with Crippen LogP contribution in [0.25, 0.3) is 0 Å². The van der Waals surface area contributed by atoms with Gasteiger partial charge in [-0.2, -0.15) is 0 Å². The van der Waals surface area contributed by atoms with E-state index < -0.39 is 5.97 Å². The van der Waals surface area contributed by atoms with Crippen molar-refractivity contribution >= 4 is 23.4 Å². The lowest BCUT2D eigenvalue weighted by atomic mass is 10.1. The summed E-state index contributed by atoms with van der Waals surface area (Å²) in [5.74, 6) is -0.612. The number of aromatic nitrogens is 1. The number of nitrogens with zero attached hydrogens (tertiary/aromatic N) is 1. The third-order valence-corrected chi connectivity index (χ3v) is 3.89. The number of aromatic carboxylic acids is 1. The molecule has 1 heterocycles. The Balaban J connectivity index is 1.81. The SMILES string of the molecule is O=C(O)c1ccnc(NC2Cc3ccccc3C2)c1Cl. The van der Waals surface area contributed by atoms with E-state index in [0.29, 0.717) is 5.82 Å². The van der Waals surface area contributed by atoms with Crippen molar-refractivity contribution in [3.05, 3.63) is 58.2 Å². The van der Waals surface area contributed by atoms with Gasteiger partial charge >= 0.3 is 5.97 Å². The highest BCUT2D eigenvalue weighted by Crippen LogP contribution is 2.28. The van der Waals surface area contributed by atoms with Gasteiger partial charge < -0.3 is 10.4 Å². The first-order chi connectivity index (χ1) is 9.65. The molecule has 0 saturated carbocycles. The molecule has 5 heteroatoms. The van der Waals surface area contributed by atoms with Crippen LogP contribution in [0.5, 0.6) is 0 Å². The molecule has 102 valence electrons. The number of carboxylic acids is 1. The van der Waals surface area contributed by atoms with E-state index in [0.717, 1.165) is 12.8 Å². The second-order valence-electron chi connectivity index (χ2n) is 4.84. The number of carboxylic acid groups (broad SMARTS) is 1. The van der Waals surface area contributed by atoms with Gasteiger partial charge in [0.1, 0.15) is 5.82 Å². The normalized spacial score (nSPS) is 14.1. The molecule has 2 N–H and O–H groups in total. The first-order valence-corrected chi connectivity index (χ1v) is 6.74. The third kappa shape index (κ3) is 2.34. The Kier molecular flexibility index (Phi) is 3.32. The van der Waals surface area contributed by atoms with Crippen molar-refractivity contribution < 1.29 is 9.90 Å². The highest BCUT2D eigenvalue weighted by atomic mass is 35.5. The molecule has 1 aliphatic carbocycles. The van der Waals surface area contributed by atoms with Gasteiger partial charge in [0.25, 0.3) is 0 Å². The summed E-state index contributed by atoms with van der Waals surface area (Å²) in [6.45, 7) is 0. The number of anilines is 1. The fourth-order valence-corrected chi connectivity index (χ4v) is 2.81. The van der Waals surface area contributed by atoms with Gasteiger partial charge in [-0.15, -0.1) is 0 Å². The summed E-state index contributed by atoms with van der Waals surface area (Å²) >= 11 is 6.09. The molecule has 1 aromatic carbocycles. The minimum atomic E-state index is -1.05. The van der Waals surface area contributed by atoms with Gasteiger partial charge in [0.15, 0.2) is 0 Å². The molecule has 0 atom stereocenters. The summed E-state index contributed by atoms with van der Waals surface area (Å²) in [4.78, 5) is 15.2. The van der Waals surface area contributed by atoms with Crippen LogP contribution >= 0.6 is 11.6 Å². The van der Waals surface area contributed by atoms with Crippen molar-refractivity contribution in [3.63, 3.8) is 0 Å². The Hall–Kier alpha value is -2.07. The smallest absolute Gasteiger partial charge is 0.337 e. The molecule has 1 aromatic heterocycles. The van der Waals surface area contributed by atoms with Crippen LogP contribution in [-0.2, 0) is 12.8 Å². The Bertz CT molecular complexity index is 648. The fraction of sp³-hybridized carbons (Fsp3) is 0.200. The zero-order valence-corrected chi connectivity index (χ0v) is 11.4. The van der Waals surface area contributed by atoms with E-state index in [4.69, 9.17) is 16.7 Å². The molecule has 0 amide bonds. The van der Waals surface area contributed by atoms with Crippen LogP contribution in [0.1, 0.15) is 21.5 Å². The molecule has 0 bridgehead atoms. The third-order valence-electron chi connectivity index (χ3n) is 3.51. The summed E-state index contributed by atoms with van der Waals surface area (Å²) in [6, 6.07) is 9.87. The van der Waals surface area contributed by atoms with Gasteiger partial charge in [-0.3, -0.25) is 0 Å². The van der Waals surface area contributed by atoms with E-state index in [9.17, 15) is 4.79 Å². The molecule has 2 aromatic rings. The quantitative estimate of drug-likeness (QED) is 0.911. The van der Waals surface area contributed by atoms with E-state index in [1.165, 1.54) is 23.4 Å². The summed E-state index contributed by atoms with van der Waals surface area (Å²) in [7, 11) is 0. The van der Waals surface area contributed by atoms with Crippen LogP contribution in [0.15, 0.2) is 36.5 Å². The van der Waals surface area contributed by atoms with Gasteiger partial charge in [-0.25, -0.2) is 9.78 Å². The molecule has 0 spiro atoms. The van der Waals surface area contributed by atoms with E-state index in [2.05, 4.69) is 22.4 Å². The molecular formula is C15H13ClN2O2. The zero-order chi connectivity index (χ0) is 14.1. The van der Waals surface area contributed by atoms with Crippen molar-refractivity contribution in [2.24, 2.45) is 0 Å². The van der Waals surface area contributed by atoms with Gasteiger partial charge in [0, 0.05) is 12.2 Å². The second-order valence-corrected chi connectivity index (χ2v) is 5.22. The molecule has 0 fully saturated rings. The standard InChI is InChI=1S/C15H13ClN2O2/c16-13-12(15(19)20)5-6-17-14(13)18-11-7-9-3-1-2-4-10(9)8-11/h1-6,11H,7-8H2,(H,17,18)(H,19,20). The van der Waals surface area contributed by atoms with Crippen molar-refractivity contribution in [3.8, 4) is 0 Å². The summed E-state index contributed by atoms with van der Waals surface area (Å²) < 4.78 is 0. The van der Waals surface area contributed by atoms with Crippen LogP contribution in [0.2, 0.25) is 5.02 Å². The van der Waals surface area contributed by atoms with Gasteiger partial charge in [-0.1, -0.05) is 35.9 Å². The Morgan fingerprint density at radius 2 is 1.90 bits per heavy atom. The van der Waals surface area contributed by atoms with Crippen molar-refractivity contribution in [1.82, 2.24) is 4.98 Å². The maximum absolute atomic E-state index is 11.0. The Morgan fingerprint density at radius 1 is 1.25 bits per heavy atom. The lowest BCUT2D eigenvalue weighted by molar-refractivity contribution is 0.0697. The molecule has 4 nitrogen and oxygen atoms in total. The number of hydrogen-bond donors (Lipinski definition) is 2. The number of benzene rings is 1. The van der Waals surface area contributed by atoms with Gasteiger partial charge in [0.2, 0.25) is 0 Å². The van der Waals surface area contributed by atoms with Crippen LogP contribution < -0.4 is 5.32 Å². The number of rotatable bonds is 3. The molecule has 20 heavy (non-hydrogen) atoms. The Labute approximate surface area is 121 Å². The van der Waals surface area contributed by atoms with E-state index in [-0.39, 0.29) is 16.6 Å². The Morgan fingerprint density at radius 3 is 2.50 bits per heavy atom. The number of halogens is 1. The molecule has 0 radical (unpaired) electrons. The number of pyridine rings is 1. The van der Waals surface area contributed by atoms with Crippen molar-refractivity contribution in [2.45, 2.75) is 18.9 Å². The average molecular weight is 289 g/mol. The van der Waals surface area contributed by atoms with Gasteiger partial charge in [0.05, 0.1) is 10.6 Å². The minimum Gasteiger partial charge on any atom is -0.478 e.